The molecule has 0 fully saturated rings. The van der Waals surface area contributed by atoms with Crippen molar-refractivity contribution in [3.05, 3.63) is 58.4 Å². The summed E-state index contributed by atoms with van der Waals surface area (Å²) >= 11 is 0. The number of carbonyl (C=O) groups is 1. The summed E-state index contributed by atoms with van der Waals surface area (Å²) in [5.74, 6) is -0.104. The first kappa shape index (κ1) is 22.1. The molecule has 150 valence electrons. The highest BCUT2D eigenvalue weighted by atomic mass is 35.5. The largest absolute Gasteiger partial charge is 0.348 e. The first-order valence-corrected chi connectivity index (χ1v) is 8.97. The molecule has 0 aliphatic carbocycles. The fraction of sp³-hybridized carbons (Fsp3) is 0.350. The van der Waals surface area contributed by atoms with Crippen LogP contribution in [-0.4, -0.2) is 20.7 Å². The molecule has 6 nitrogen and oxygen atoms in total. The minimum atomic E-state index is -0.104. The SMILES string of the molecule is Cc1nc2c(cnn2C(C)C)cc1C(=O)NCc1ccc2c(c1)CNC2.Cl.Cl. The molecule has 1 aliphatic heterocycles. The summed E-state index contributed by atoms with van der Waals surface area (Å²) < 4.78 is 1.88. The number of nitrogens with zero attached hydrogens (tertiary/aromatic N) is 3. The summed E-state index contributed by atoms with van der Waals surface area (Å²) in [7, 11) is 0. The molecule has 4 rings (SSSR count). The van der Waals surface area contributed by atoms with E-state index in [0.717, 1.165) is 35.4 Å². The van der Waals surface area contributed by atoms with Gasteiger partial charge in [0.25, 0.3) is 5.91 Å². The van der Waals surface area contributed by atoms with Gasteiger partial charge in [-0.1, -0.05) is 18.2 Å². The van der Waals surface area contributed by atoms with Crippen LogP contribution >= 0.6 is 24.8 Å². The van der Waals surface area contributed by atoms with Gasteiger partial charge in [0.05, 0.1) is 17.5 Å². The van der Waals surface area contributed by atoms with Gasteiger partial charge in [0.2, 0.25) is 0 Å². The molecule has 8 heteroatoms. The second-order valence-electron chi connectivity index (χ2n) is 7.11. The van der Waals surface area contributed by atoms with Crippen LogP contribution in [0.3, 0.4) is 0 Å². The molecule has 1 aliphatic rings. The molecule has 2 N–H and O–H groups in total. The molecule has 0 saturated carbocycles. The van der Waals surface area contributed by atoms with Crippen LogP contribution in [0.25, 0.3) is 11.0 Å². The Balaban J connectivity index is 0.00000140. The number of pyridine rings is 1. The quantitative estimate of drug-likeness (QED) is 0.673. The number of aromatic nitrogens is 3. The number of carbonyl (C=O) groups excluding carboxylic acids is 1. The molecule has 2 aromatic heterocycles. The smallest absolute Gasteiger partial charge is 0.253 e. The molecule has 0 radical (unpaired) electrons. The summed E-state index contributed by atoms with van der Waals surface area (Å²) in [6, 6.07) is 8.49. The number of hydrogen-bond donors (Lipinski definition) is 2. The highest BCUT2D eigenvalue weighted by Crippen LogP contribution is 2.20. The Morgan fingerprint density at radius 1 is 1.21 bits per heavy atom. The van der Waals surface area contributed by atoms with Crippen LogP contribution in [0.4, 0.5) is 0 Å². The summed E-state index contributed by atoms with van der Waals surface area (Å²) in [6.07, 6.45) is 1.77. The Morgan fingerprint density at radius 2 is 1.96 bits per heavy atom. The molecule has 1 amide bonds. The molecule has 0 atom stereocenters. The van der Waals surface area contributed by atoms with Gasteiger partial charge in [0.15, 0.2) is 5.65 Å². The zero-order valence-corrected chi connectivity index (χ0v) is 17.8. The Kier molecular flexibility index (Phi) is 7.04. The Bertz CT molecular complexity index is 1000. The van der Waals surface area contributed by atoms with E-state index in [9.17, 15) is 4.79 Å². The summed E-state index contributed by atoms with van der Waals surface area (Å²) in [6.45, 7) is 8.34. The van der Waals surface area contributed by atoms with Crippen LogP contribution in [0.2, 0.25) is 0 Å². The van der Waals surface area contributed by atoms with Gasteiger partial charge >= 0.3 is 0 Å². The topological polar surface area (TPSA) is 71.8 Å². The number of aryl methyl sites for hydroxylation is 1. The van der Waals surface area contributed by atoms with E-state index in [1.165, 1.54) is 11.1 Å². The van der Waals surface area contributed by atoms with Crippen molar-refractivity contribution < 1.29 is 4.79 Å². The van der Waals surface area contributed by atoms with Crippen molar-refractivity contribution in [2.75, 3.05) is 0 Å². The standard InChI is InChI=1S/C20H23N5O.2ClH/c1-12(2)25-19-17(11-23-25)7-18(13(3)24-19)20(26)22-8-14-4-5-15-9-21-10-16(15)6-14;;/h4-7,11-12,21H,8-10H2,1-3H3,(H,22,26);2*1H. The van der Waals surface area contributed by atoms with Crippen molar-refractivity contribution in [2.24, 2.45) is 0 Å². The van der Waals surface area contributed by atoms with E-state index in [4.69, 9.17) is 0 Å². The predicted octanol–water partition coefficient (Wildman–Crippen LogP) is 3.70. The van der Waals surface area contributed by atoms with Crippen LogP contribution in [0.1, 0.15) is 52.6 Å². The monoisotopic (exact) mass is 421 g/mol. The fourth-order valence-electron chi connectivity index (χ4n) is 3.41. The summed E-state index contributed by atoms with van der Waals surface area (Å²) in [4.78, 5) is 17.3. The number of nitrogens with one attached hydrogen (secondary N) is 2. The van der Waals surface area contributed by atoms with Gasteiger partial charge < -0.3 is 10.6 Å². The first-order chi connectivity index (χ1) is 12.5. The van der Waals surface area contributed by atoms with Crippen LogP contribution in [-0.2, 0) is 19.6 Å². The van der Waals surface area contributed by atoms with E-state index >= 15 is 0 Å². The molecular weight excluding hydrogens is 397 g/mol. The third kappa shape index (κ3) is 4.14. The van der Waals surface area contributed by atoms with Gasteiger partial charge in [-0.15, -0.1) is 24.8 Å². The lowest BCUT2D eigenvalue weighted by Gasteiger charge is -2.10. The van der Waals surface area contributed by atoms with Crippen molar-refractivity contribution in [3.8, 4) is 0 Å². The Labute approximate surface area is 176 Å². The molecule has 0 unspecified atom stereocenters. The van der Waals surface area contributed by atoms with Gasteiger partial charge in [-0.3, -0.25) is 4.79 Å². The van der Waals surface area contributed by atoms with Gasteiger partial charge in [0, 0.05) is 31.1 Å². The van der Waals surface area contributed by atoms with Crippen molar-refractivity contribution in [3.63, 3.8) is 0 Å². The molecule has 3 aromatic rings. The number of rotatable bonds is 4. The molecule has 0 bridgehead atoms. The predicted molar refractivity (Wildman–Crippen MR) is 115 cm³/mol. The molecule has 28 heavy (non-hydrogen) atoms. The number of benzene rings is 1. The van der Waals surface area contributed by atoms with Crippen molar-refractivity contribution >= 4 is 41.8 Å². The second kappa shape index (κ2) is 8.90. The van der Waals surface area contributed by atoms with Crippen LogP contribution in [0.15, 0.2) is 30.5 Å². The van der Waals surface area contributed by atoms with E-state index in [2.05, 4.69) is 52.8 Å². The van der Waals surface area contributed by atoms with Gasteiger partial charge in [-0.05, 0) is 43.5 Å². The maximum absolute atomic E-state index is 12.7. The van der Waals surface area contributed by atoms with Gasteiger partial charge in [-0.25, -0.2) is 9.67 Å². The average Bonchev–Trinajstić information content (AvgIpc) is 3.24. The third-order valence-corrected chi connectivity index (χ3v) is 4.85. The van der Waals surface area contributed by atoms with E-state index in [0.29, 0.717) is 12.1 Å². The van der Waals surface area contributed by atoms with E-state index in [1.807, 2.05) is 17.7 Å². The normalized spacial score (nSPS) is 12.4. The first-order valence-electron chi connectivity index (χ1n) is 8.97. The minimum Gasteiger partial charge on any atom is -0.348 e. The number of fused-ring (bicyclic) bond motifs is 2. The van der Waals surface area contributed by atoms with E-state index in [1.54, 1.807) is 6.20 Å². The molecule has 0 saturated heterocycles. The number of amides is 1. The van der Waals surface area contributed by atoms with Crippen molar-refractivity contribution in [2.45, 2.75) is 46.4 Å². The lowest BCUT2D eigenvalue weighted by molar-refractivity contribution is 0.0950. The minimum absolute atomic E-state index is 0. The molecular formula is C20H25Cl2N5O. The van der Waals surface area contributed by atoms with Crippen molar-refractivity contribution in [1.29, 1.82) is 0 Å². The number of halogens is 2. The molecule has 1 aromatic carbocycles. The Hall–Kier alpha value is -2.15. The zero-order chi connectivity index (χ0) is 18.3. The van der Waals surface area contributed by atoms with Crippen molar-refractivity contribution in [1.82, 2.24) is 25.4 Å². The van der Waals surface area contributed by atoms with Crippen LogP contribution in [0.5, 0.6) is 0 Å². The van der Waals surface area contributed by atoms with E-state index in [-0.39, 0.29) is 36.8 Å². The Morgan fingerprint density at radius 3 is 2.71 bits per heavy atom. The number of hydrogen-bond acceptors (Lipinski definition) is 4. The summed E-state index contributed by atoms with van der Waals surface area (Å²) in [5, 5.41) is 11.6. The maximum Gasteiger partial charge on any atom is 0.253 e. The average molecular weight is 422 g/mol. The molecule has 0 spiro atoms. The lowest BCUT2D eigenvalue weighted by atomic mass is 10.1. The zero-order valence-electron chi connectivity index (χ0n) is 16.2. The van der Waals surface area contributed by atoms with Crippen LogP contribution < -0.4 is 10.6 Å². The molecule has 3 heterocycles. The lowest BCUT2D eigenvalue weighted by Crippen LogP contribution is -2.24. The third-order valence-electron chi connectivity index (χ3n) is 4.85. The van der Waals surface area contributed by atoms with Gasteiger partial charge in [0.1, 0.15) is 0 Å². The second-order valence-corrected chi connectivity index (χ2v) is 7.11. The summed E-state index contributed by atoms with van der Waals surface area (Å²) in [5.41, 5.74) is 5.91. The highest BCUT2D eigenvalue weighted by molar-refractivity contribution is 5.98. The van der Waals surface area contributed by atoms with Gasteiger partial charge in [-0.2, -0.15) is 5.10 Å². The van der Waals surface area contributed by atoms with Crippen LogP contribution in [0, 0.1) is 6.92 Å². The highest BCUT2D eigenvalue weighted by Gasteiger charge is 2.16. The fourth-order valence-corrected chi connectivity index (χ4v) is 3.41. The maximum atomic E-state index is 12.7. The van der Waals surface area contributed by atoms with E-state index < -0.39 is 0 Å².